The summed E-state index contributed by atoms with van der Waals surface area (Å²) >= 11 is 0. The zero-order valence-corrected chi connectivity index (χ0v) is 25.0. The Hall–Kier alpha value is -5.61. The number of para-hydroxylation sites is 1. The summed E-state index contributed by atoms with van der Waals surface area (Å²) in [5.74, 6) is -6.12. The molecule has 0 aliphatic rings. The molecular weight excluding hydrogens is 645 g/mol. The van der Waals surface area contributed by atoms with Gasteiger partial charge >= 0.3 is 12.1 Å². The lowest BCUT2D eigenvalue weighted by atomic mass is 10.0. The van der Waals surface area contributed by atoms with Crippen molar-refractivity contribution >= 4 is 34.3 Å². The second kappa shape index (κ2) is 12.9. The van der Waals surface area contributed by atoms with Crippen LogP contribution in [-0.2, 0) is 4.79 Å². The molecule has 16 heteroatoms. The molecule has 5 aromatic rings. The molecule has 5 N–H and O–H groups in total. The van der Waals surface area contributed by atoms with Crippen LogP contribution in [0.3, 0.4) is 0 Å². The maximum Gasteiger partial charge on any atom is 0.472 e. The van der Waals surface area contributed by atoms with Crippen LogP contribution in [-0.4, -0.2) is 66.3 Å². The monoisotopic (exact) mass is 671 g/mol. The van der Waals surface area contributed by atoms with E-state index in [1.54, 1.807) is 6.92 Å². The Morgan fingerprint density at radius 1 is 0.917 bits per heavy atom. The number of pyridine rings is 1. The number of phenols is 2. The van der Waals surface area contributed by atoms with Crippen LogP contribution < -0.4 is 15.8 Å². The summed E-state index contributed by atoms with van der Waals surface area (Å²) < 4.78 is 72.5. The molecule has 2 heterocycles. The van der Waals surface area contributed by atoms with Crippen molar-refractivity contribution in [1.82, 2.24) is 14.5 Å². The second-order valence-corrected chi connectivity index (χ2v) is 10.7. The summed E-state index contributed by atoms with van der Waals surface area (Å²) in [5, 5.41) is 42.5. The molecule has 0 bridgehead atoms. The van der Waals surface area contributed by atoms with E-state index in [0.717, 1.165) is 42.5 Å². The van der Waals surface area contributed by atoms with Gasteiger partial charge in [-0.25, -0.2) is 13.8 Å². The summed E-state index contributed by atoms with van der Waals surface area (Å²) in [7, 11) is 0. The lowest BCUT2D eigenvalue weighted by molar-refractivity contribution is -0.169. The van der Waals surface area contributed by atoms with Crippen molar-refractivity contribution in [3.63, 3.8) is 0 Å². The Balaban J connectivity index is 1.84. The van der Waals surface area contributed by atoms with E-state index in [1.165, 1.54) is 25.1 Å². The Labute approximate surface area is 267 Å². The van der Waals surface area contributed by atoms with Crippen LogP contribution in [0.15, 0.2) is 65.5 Å². The van der Waals surface area contributed by atoms with Gasteiger partial charge in [-0.15, -0.1) is 0 Å². The maximum absolute atomic E-state index is 15.0. The predicted molar refractivity (Wildman–Crippen MR) is 165 cm³/mol. The summed E-state index contributed by atoms with van der Waals surface area (Å²) in [6.07, 6.45) is -5.41. The van der Waals surface area contributed by atoms with Crippen molar-refractivity contribution in [2.45, 2.75) is 26.1 Å². The lowest BCUT2D eigenvalue weighted by Crippen LogP contribution is -2.38. The molecule has 0 spiro atoms. The number of carbonyl (C=O) groups is 1. The van der Waals surface area contributed by atoms with Crippen molar-refractivity contribution in [3.05, 3.63) is 93.8 Å². The molecule has 0 saturated carbocycles. The number of nitrogens with zero attached hydrogens (tertiary/aromatic N) is 4. The van der Waals surface area contributed by atoms with Crippen LogP contribution in [0.25, 0.3) is 28.0 Å². The van der Waals surface area contributed by atoms with Gasteiger partial charge in [-0.3, -0.25) is 19.1 Å². The highest BCUT2D eigenvalue weighted by molar-refractivity contribution is 6.05. The number of halogens is 5. The number of fused-ring (bicyclic) bond motifs is 1. The number of nitrogens with one attached hydrogen (secondary N) is 1. The minimum absolute atomic E-state index is 0.00748. The van der Waals surface area contributed by atoms with Gasteiger partial charge in [0.1, 0.15) is 28.8 Å². The first-order valence-electron chi connectivity index (χ1n) is 14.1. The zero-order chi connectivity index (χ0) is 35.1. The van der Waals surface area contributed by atoms with Crippen LogP contribution in [0, 0.1) is 25.5 Å². The standard InChI is InChI=1S/C32H26F5N5O6/c1-15-6-7-18(41(30(48)32(35,36)37)19-11-24(45)16(2)25(46)12-19)10-21(15)27-20-8-9-26(47)42(28-22(33)4-3-5-23(28)34)29(20)40-31(39-27)38-17(13-43)14-44/h3-12,17,43-46H,13-14H2,1-2H3,(H,38,39,40). The second-order valence-electron chi connectivity index (χ2n) is 10.7. The molecule has 48 heavy (non-hydrogen) atoms. The third-order valence-electron chi connectivity index (χ3n) is 7.46. The summed E-state index contributed by atoms with van der Waals surface area (Å²) in [6, 6.07) is 9.50. The van der Waals surface area contributed by atoms with Gasteiger partial charge in [0, 0.05) is 40.4 Å². The number of rotatable bonds is 8. The van der Waals surface area contributed by atoms with E-state index in [0.29, 0.717) is 10.1 Å². The molecule has 1 amide bonds. The van der Waals surface area contributed by atoms with E-state index >= 15 is 8.78 Å². The van der Waals surface area contributed by atoms with E-state index in [9.17, 15) is 43.2 Å². The van der Waals surface area contributed by atoms with E-state index in [2.05, 4.69) is 15.3 Å². The average molecular weight is 672 g/mol. The fourth-order valence-electron chi connectivity index (χ4n) is 4.95. The first kappa shape index (κ1) is 33.7. The molecular formula is C32H26F5N5O6. The molecule has 11 nitrogen and oxygen atoms in total. The van der Waals surface area contributed by atoms with Gasteiger partial charge in [0.25, 0.3) is 5.56 Å². The first-order chi connectivity index (χ1) is 22.7. The number of amides is 1. The van der Waals surface area contributed by atoms with Crippen LogP contribution >= 0.6 is 0 Å². The van der Waals surface area contributed by atoms with E-state index in [4.69, 9.17) is 0 Å². The minimum Gasteiger partial charge on any atom is -0.507 e. The summed E-state index contributed by atoms with van der Waals surface area (Å²) in [5.41, 5.74) is -2.66. The number of aromatic hydroxyl groups is 2. The van der Waals surface area contributed by atoms with Crippen LogP contribution in [0.2, 0.25) is 0 Å². The number of anilines is 3. The van der Waals surface area contributed by atoms with Gasteiger partial charge < -0.3 is 25.7 Å². The van der Waals surface area contributed by atoms with Crippen LogP contribution in [0.4, 0.5) is 39.3 Å². The first-order valence-corrected chi connectivity index (χ1v) is 14.1. The number of aryl methyl sites for hydroxylation is 1. The topological polar surface area (TPSA) is 161 Å². The third kappa shape index (κ3) is 6.22. The maximum atomic E-state index is 15.0. The van der Waals surface area contributed by atoms with E-state index in [1.807, 2.05) is 0 Å². The van der Waals surface area contributed by atoms with E-state index in [-0.39, 0.29) is 44.4 Å². The number of carbonyl (C=O) groups excluding carboxylic acids is 1. The van der Waals surface area contributed by atoms with Crippen LogP contribution in [0.1, 0.15) is 11.1 Å². The lowest BCUT2D eigenvalue weighted by Gasteiger charge is -2.26. The van der Waals surface area contributed by atoms with Gasteiger partial charge in [-0.2, -0.15) is 18.2 Å². The molecule has 250 valence electrons. The number of aliphatic hydroxyl groups is 2. The van der Waals surface area contributed by atoms with Gasteiger partial charge in [-0.1, -0.05) is 12.1 Å². The van der Waals surface area contributed by atoms with Crippen LogP contribution in [0.5, 0.6) is 11.5 Å². The fourth-order valence-corrected chi connectivity index (χ4v) is 4.95. The average Bonchev–Trinajstić information content (AvgIpc) is 3.03. The molecule has 2 aromatic heterocycles. The Morgan fingerprint density at radius 2 is 1.54 bits per heavy atom. The Bertz CT molecular complexity index is 2070. The normalized spacial score (nSPS) is 11.7. The number of hydrogen-bond acceptors (Lipinski definition) is 9. The highest BCUT2D eigenvalue weighted by Gasteiger charge is 2.44. The Kier molecular flexibility index (Phi) is 9.06. The van der Waals surface area contributed by atoms with Crippen molar-refractivity contribution in [2.75, 3.05) is 23.4 Å². The number of aliphatic hydroxyl groups excluding tert-OH is 2. The molecule has 0 fully saturated rings. The van der Waals surface area contributed by atoms with Gasteiger partial charge in [0.15, 0.2) is 5.65 Å². The van der Waals surface area contributed by atoms with E-state index < -0.39 is 71.4 Å². The number of phenolic OH excluding ortho intramolecular Hbond substituents is 2. The van der Waals surface area contributed by atoms with Crippen molar-refractivity contribution in [1.29, 1.82) is 0 Å². The molecule has 5 rings (SSSR count). The largest absolute Gasteiger partial charge is 0.507 e. The molecule has 0 saturated heterocycles. The molecule has 0 radical (unpaired) electrons. The number of alkyl halides is 3. The van der Waals surface area contributed by atoms with Crippen molar-refractivity contribution in [2.24, 2.45) is 0 Å². The predicted octanol–water partition coefficient (Wildman–Crippen LogP) is 4.75. The SMILES string of the molecule is Cc1ccc(N(C(=O)C(F)(F)F)c2cc(O)c(C)c(O)c2)cc1-c1nc(NC(CO)CO)nc2c1ccc(=O)n2-c1c(F)cccc1F. The van der Waals surface area contributed by atoms with Crippen molar-refractivity contribution in [3.8, 4) is 28.4 Å². The highest BCUT2D eigenvalue weighted by atomic mass is 19.4. The smallest absolute Gasteiger partial charge is 0.472 e. The molecule has 0 atom stereocenters. The zero-order valence-electron chi connectivity index (χ0n) is 25.0. The third-order valence-corrected chi connectivity index (χ3v) is 7.46. The molecule has 0 aliphatic carbocycles. The van der Waals surface area contributed by atoms with Gasteiger partial charge in [-0.05, 0) is 49.7 Å². The molecule has 3 aromatic carbocycles. The molecule has 0 aliphatic heterocycles. The van der Waals surface area contributed by atoms with Crippen molar-refractivity contribution < 1.29 is 47.2 Å². The number of benzene rings is 3. The highest BCUT2D eigenvalue weighted by Crippen LogP contribution is 2.40. The minimum atomic E-state index is -5.41. The number of aromatic nitrogens is 3. The Morgan fingerprint density at radius 3 is 2.12 bits per heavy atom. The summed E-state index contributed by atoms with van der Waals surface area (Å²) in [4.78, 5) is 34.8. The van der Waals surface area contributed by atoms with Gasteiger partial charge in [0.05, 0.1) is 30.6 Å². The fraction of sp³-hybridized carbons (Fsp3) is 0.188. The van der Waals surface area contributed by atoms with Gasteiger partial charge in [0.2, 0.25) is 5.95 Å². The molecule has 0 unspecified atom stereocenters. The quantitative estimate of drug-likeness (QED) is 0.147. The number of hydrogen-bond donors (Lipinski definition) is 5. The summed E-state index contributed by atoms with van der Waals surface area (Å²) in [6.45, 7) is 1.63.